The SMILES string of the molecule is COc1ccc(N(C(=O)/C=C/c2ccccc2)C(C)C)cc1OC. The molecule has 0 unspecified atom stereocenters. The number of hydrogen-bond donors (Lipinski definition) is 0. The molecule has 0 aliphatic carbocycles. The van der Waals surface area contributed by atoms with E-state index in [9.17, 15) is 4.79 Å². The van der Waals surface area contributed by atoms with Gasteiger partial charge in [0.1, 0.15) is 0 Å². The van der Waals surface area contributed by atoms with Crippen LogP contribution in [0.15, 0.2) is 54.6 Å². The third kappa shape index (κ3) is 4.16. The Morgan fingerprint density at radius 2 is 1.67 bits per heavy atom. The Hall–Kier alpha value is -2.75. The van der Waals surface area contributed by atoms with Gasteiger partial charge in [-0.05, 0) is 37.6 Å². The largest absolute Gasteiger partial charge is 0.493 e. The number of carbonyl (C=O) groups excluding carboxylic acids is 1. The Morgan fingerprint density at radius 1 is 1.00 bits per heavy atom. The summed E-state index contributed by atoms with van der Waals surface area (Å²) in [5.41, 5.74) is 1.76. The van der Waals surface area contributed by atoms with Crippen LogP contribution in [0.2, 0.25) is 0 Å². The molecule has 2 aromatic rings. The number of carbonyl (C=O) groups is 1. The minimum Gasteiger partial charge on any atom is -0.493 e. The molecular weight excluding hydrogens is 302 g/mol. The molecule has 2 aromatic carbocycles. The lowest BCUT2D eigenvalue weighted by Crippen LogP contribution is -2.35. The zero-order chi connectivity index (χ0) is 17.5. The van der Waals surface area contributed by atoms with Crippen LogP contribution in [-0.4, -0.2) is 26.2 Å². The molecule has 0 saturated heterocycles. The number of hydrogen-bond acceptors (Lipinski definition) is 3. The summed E-state index contributed by atoms with van der Waals surface area (Å²) < 4.78 is 10.6. The first-order valence-electron chi connectivity index (χ1n) is 7.85. The van der Waals surface area contributed by atoms with Gasteiger partial charge in [0.25, 0.3) is 5.91 Å². The average molecular weight is 325 g/mol. The van der Waals surface area contributed by atoms with E-state index < -0.39 is 0 Å². The molecule has 1 amide bonds. The van der Waals surface area contributed by atoms with Crippen molar-refractivity contribution in [2.24, 2.45) is 0 Å². The molecule has 24 heavy (non-hydrogen) atoms. The van der Waals surface area contributed by atoms with Gasteiger partial charge < -0.3 is 14.4 Å². The number of nitrogens with zero attached hydrogens (tertiary/aromatic N) is 1. The number of methoxy groups -OCH3 is 2. The second kappa shape index (κ2) is 8.20. The minimum absolute atomic E-state index is 0.0102. The lowest BCUT2D eigenvalue weighted by Gasteiger charge is -2.26. The van der Waals surface area contributed by atoms with E-state index in [0.29, 0.717) is 11.5 Å². The molecule has 0 atom stereocenters. The fourth-order valence-electron chi connectivity index (χ4n) is 2.47. The molecule has 0 spiro atoms. The van der Waals surface area contributed by atoms with Crippen molar-refractivity contribution < 1.29 is 14.3 Å². The summed E-state index contributed by atoms with van der Waals surface area (Å²) in [6.07, 6.45) is 3.41. The van der Waals surface area contributed by atoms with Gasteiger partial charge in [-0.3, -0.25) is 4.79 Å². The maximum atomic E-state index is 12.7. The van der Waals surface area contributed by atoms with E-state index in [4.69, 9.17) is 9.47 Å². The molecule has 0 bridgehead atoms. The maximum Gasteiger partial charge on any atom is 0.251 e. The van der Waals surface area contributed by atoms with Crippen LogP contribution in [0.4, 0.5) is 5.69 Å². The summed E-state index contributed by atoms with van der Waals surface area (Å²) in [5.74, 6) is 1.15. The standard InChI is InChI=1S/C20H23NO3/c1-15(2)21(17-11-12-18(23-3)19(14-17)24-4)20(22)13-10-16-8-6-5-7-9-16/h5-15H,1-4H3/b13-10+. The first-order valence-corrected chi connectivity index (χ1v) is 7.85. The van der Waals surface area contributed by atoms with Gasteiger partial charge in [-0.1, -0.05) is 30.3 Å². The molecule has 2 rings (SSSR count). The van der Waals surface area contributed by atoms with Crippen molar-refractivity contribution in [2.45, 2.75) is 19.9 Å². The monoisotopic (exact) mass is 325 g/mol. The van der Waals surface area contributed by atoms with Gasteiger partial charge >= 0.3 is 0 Å². The second-order valence-corrected chi connectivity index (χ2v) is 5.59. The van der Waals surface area contributed by atoms with Crippen LogP contribution in [0.5, 0.6) is 11.5 Å². The lowest BCUT2D eigenvalue weighted by atomic mass is 10.2. The molecule has 0 aliphatic rings. The van der Waals surface area contributed by atoms with Crippen molar-refractivity contribution in [1.82, 2.24) is 0 Å². The molecule has 0 aromatic heterocycles. The number of benzene rings is 2. The van der Waals surface area contributed by atoms with Crippen molar-refractivity contribution in [2.75, 3.05) is 19.1 Å². The highest BCUT2D eigenvalue weighted by Crippen LogP contribution is 2.32. The van der Waals surface area contributed by atoms with Gasteiger partial charge in [0.15, 0.2) is 11.5 Å². The van der Waals surface area contributed by atoms with Gasteiger partial charge in [-0.25, -0.2) is 0 Å². The average Bonchev–Trinajstić information content (AvgIpc) is 2.60. The summed E-state index contributed by atoms with van der Waals surface area (Å²) in [4.78, 5) is 14.4. The zero-order valence-corrected chi connectivity index (χ0v) is 14.5. The molecule has 4 heteroatoms. The molecule has 0 aliphatic heterocycles. The smallest absolute Gasteiger partial charge is 0.251 e. The summed E-state index contributed by atoms with van der Waals surface area (Å²) in [5, 5.41) is 0. The molecule has 0 saturated carbocycles. The molecular formula is C20H23NO3. The number of ether oxygens (including phenoxy) is 2. The van der Waals surface area contributed by atoms with Crippen LogP contribution in [0.25, 0.3) is 6.08 Å². The Kier molecular flexibility index (Phi) is 6.01. The molecule has 0 fully saturated rings. The van der Waals surface area contributed by atoms with E-state index in [0.717, 1.165) is 11.3 Å². The normalized spacial score (nSPS) is 10.9. The third-order valence-electron chi connectivity index (χ3n) is 3.62. The van der Waals surface area contributed by atoms with Crippen LogP contribution in [-0.2, 0) is 4.79 Å². The Balaban J connectivity index is 2.29. The fraction of sp³-hybridized carbons (Fsp3) is 0.250. The van der Waals surface area contributed by atoms with Crippen molar-refractivity contribution in [3.05, 3.63) is 60.2 Å². The van der Waals surface area contributed by atoms with E-state index in [2.05, 4.69) is 0 Å². The highest BCUT2D eigenvalue weighted by Gasteiger charge is 2.18. The molecule has 0 N–H and O–H groups in total. The van der Waals surface area contributed by atoms with Gasteiger partial charge in [-0.2, -0.15) is 0 Å². The number of rotatable bonds is 6. The van der Waals surface area contributed by atoms with Crippen molar-refractivity contribution in [1.29, 1.82) is 0 Å². The van der Waals surface area contributed by atoms with Gasteiger partial charge in [0.05, 0.1) is 14.2 Å². The van der Waals surface area contributed by atoms with E-state index in [1.807, 2.05) is 62.4 Å². The lowest BCUT2D eigenvalue weighted by molar-refractivity contribution is -0.114. The quantitative estimate of drug-likeness (QED) is 0.749. The summed E-state index contributed by atoms with van der Waals surface area (Å²) in [6, 6.07) is 15.2. The third-order valence-corrected chi connectivity index (χ3v) is 3.62. The van der Waals surface area contributed by atoms with Crippen molar-refractivity contribution in [3.8, 4) is 11.5 Å². The Labute approximate surface area is 143 Å². The van der Waals surface area contributed by atoms with Gasteiger partial charge in [0.2, 0.25) is 0 Å². The van der Waals surface area contributed by atoms with Crippen LogP contribution >= 0.6 is 0 Å². The molecule has 0 heterocycles. The van der Waals surface area contributed by atoms with Crippen molar-refractivity contribution >= 4 is 17.7 Å². The molecule has 126 valence electrons. The van der Waals surface area contributed by atoms with E-state index in [-0.39, 0.29) is 11.9 Å². The van der Waals surface area contributed by atoms with Crippen molar-refractivity contribution in [3.63, 3.8) is 0 Å². The highest BCUT2D eigenvalue weighted by atomic mass is 16.5. The highest BCUT2D eigenvalue weighted by molar-refractivity contribution is 6.04. The van der Waals surface area contributed by atoms with E-state index in [1.54, 1.807) is 31.3 Å². The topological polar surface area (TPSA) is 38.8 Å². The van der Waals surface area contributed by atoms with Crippen LogP contribution in [0.3, 0.4) is 0 Å². The predicted octanol–water partition coefficient (Wildman–Crippen LogP) is 4.16. The predicted molar refractivity (Wildman–Crippen MR) is 97.6 cm³/mol. The maximum absolute atomic E-state index is 12.7. The first-order chi connectivity index (χ1) is 11.6. The molecule has 4 nitrogen and oxygen atoms in total. The second-order valence-electron chi connectivity index (χ2n) is 5.59. The molecule has 0 radical (unpaired) electrons. The zero-order valence-electron chi connectivity index (χ0n) is 14.5. The van der Waals surface area contributed by atoms with E-state index >= 15 is 0 Å². The Morgan fingerprint density at radius 3 is 2.25 bits per heavy atom. The number of amides is 1. The number of anilines is 1. The van der Waals surface area contributed by atoms with Gasteiger partial charge in [0, 0.05) is 23.9 Å². The fourth-order valence-corrected chi connectivity index (χ4v) is 2.47. The summed E-state index contributed by atoms with van der Waals surface area (Å²) in [6.45, 7) is 3.95. The first kappa shape index (κ1) is 17.6. The van der Waals surface area contributed by atoms with Gasteiger partial charge in [-0.15, -0.1) is 0 Å². The van der Waals surface area contributed by atoms with E-state index in [1.165, 1.54) is 0 Å². The van der Waals surface area contributed by atoms with Crippen LogP contribution in [0.1, 0.15) is 19.4 Å². The minimum atomic E-state index is -0.0823. The van der Waals surface area contributed by atoms with Crippen LogP contribution in [0, 0.1) is 0 Å². The summed E-state index contributed by atoms with van der Waals surface area (Å²) >= 11 is 0. The Bertz CT molecular complexity index is 708. The summed E-state index contributed by atoms with van der Waals surface area (Å²) in [7, 11) is 3.17. The van der Waals surface area contributed by atoms with Crippen LogP contribution < -0.4 is 14.4 Å².